The molecule has 3 aromatic rings. The summed E-state index contributed by atoms with van der Waals surface area (Å²) in [4.78, 5) is 26.6. The van der Waals surface area contributed by atoms with Gasteiger partial charge in [0.25, 0.3) is 5.69 Å². The zero-order valence-electron chi connectivity index (χ0n) is 15.4. The number of nitro groups is 1. The lowest BCUT2D eigenvalue weighted by Crippen LogP contribution is -1.99. The van der Waals surface area contributed by atoms with E-state index in [4.69, 9.17) is 4.84 Å². The summed E-state index contributed by atoms with van der Waals surface area (Å²) in [5.41, 5.74) is 3.71. The fourth-order valence-corrected chi connectivity index (χ4v) is 2.62. The molecule has 0 atom stereocenters. The molecule has 7 nitrogen and oxygen atoms in total. The van der Waals surface area contributed by atoms with E-state index < -0.39 is 4.92 Å². The molecule has 0 saturated heterocycles. The maximum absolute atomic E-state index is 10.8. The largest absolute Gasteiger partial charge is 0.355 e. The van der Waals surface area contributed by atoms with Crippen molar-refractivity contribution >= 4 is 17.7 Å². The molecular weight excluding hydrogens is 370 g/mol. The normalized spacial score (nSPS) is 10.8. The fourth-order valence-electron chi connectivity index (χ4n) is 2.62. The number of hydrogen-bond donors (Lipinski definition) is 0. The first-order chi connectivity index (χ1) is 14.0. The summed E-state index contributed by atoms with van der Waals surface area (Å²) in [5, 5.41) is 24.1. The highest BCUT2D eigenvalue weighted by molar-refractivity contribution is 5.98. The first-order valence-corrected chi connectivity index (χ1v) is 8.58. The molecule has 0 radical (unpaired) electrons. The number of oxime groups is 1. The van der Waals surface area contributed by atoms with Crippen LogP contribution in [0.4, 0.5) is 5.69 Å². The molecular formula is C22H15N3O4. The van der Waals surface area contributed by atoms with Crippen molar-refractivity contribution in [1.82, 2.24) is 0 Å². The number of aldehydes is 1. The smallest absolute Gasteiger partial charge is 0.269 e. The van der Waals surface area contributed by atoms with Gasteiger partial charge in [0.15, 0.2) is 5.75 Å². The molecule has 0 N–H and O–H groups in total. The summed E-state index contributed by atoms with van der Waals surface area (Å²) in [6.45, 7) is 1.70. The summed E-state index contributed by atoms with van der Waals surface area (Å²) >= 11 is 0. The van der Waals surface area contributed by atoms with Crippen LogP contribution in [0, 0.1) is 21.4 Å². The van der Waals surface area contributed by atoms with Gasteiger partial charge in [0.05, 0.1) is 16.2 Å². The number of nitriles is 1. The van der Waals surface area contributed by atoms with Gasteiger partial charge in [0, 0.05) is 17.7 Å². The zero-order chi connectivity index (χ0) is 20.8. The Balaban J connectivity index is 1.86. The molecule has 0 unspecified atom stereocenters. The Morgan fingerprint density at radius 3 is 2.31 bits per heavy atom. The van der Waals surface area contributed by atoms with Crippen molar-refractivity contribution < 1.29 is 14.6 Å². The molecule has 0 aliphatic carbocycles. The number of hydrogen-bond acceptors (Lipinski definition) is 6. The second-order valence-corrected chi connectivity index (χ2v) is 6.13. The Morgan fingerprint density at radius 1 is 1.07 bits per heavy atom. The maximum Gasteiger partial charge on any atom is 0.269 e. The van der Waals surface area contributed by atoms with E-state index >= 15 is 0 Å². The van der Waals surface area contributed by atoms with E-state index in [0.717, 1.165) is 17.4 Å². The number of nitrogens with zero attached hydrogens (tertiary/aromatic N) is 3. The monoisotopic (exact) mass is 385 g/mol. The lowest BCUT2D eigenvalue weighted by Gasteiger charge is -2.07. The van der Waals surface area contributed by atoms with Gasteiger partial charge in [-0.1, -0.05) is 35.5 Å². The standard InChI is InChI=1S/C22H15N3O4/c1-15(17-8-10-21(11-9-17)25(27)28)24-29-22-12-19(6-7-20(22)13-23)18-4-2-16(14-26)3-5-18/h2-12,14H,1H3/b24-15-. The first kappa shape index (κ1) is 19.5. The van der Waals surface area contributed by atoms with Gasteiger partial charge in [0.2, 0.25) is 0 Å². The first-order valence-electron chi connectivity index (χ1n) is 8.58. The van der Waals surface area contributed by atoms with Crippen LogP contribution in [0.5, 0.6) is 5.75 Å². The molecule has 29 heavy (non-hydrogen) atoms. The lowest BCUT2D eigenvalue weighted by atomic mass is 10.0. The Morgan fingerprint density at radius 2 is 1.72 bits per heavy atom. The number of nitro benzene ring substituents is 1. The zero-order valence-corrected chi connectivity index (χ0v) is 15.4. The number of benzene rings is 3. The minimum Gasteiger partial charge on any atom is -0.355 e. The van der Waals surface area contributed by atoms with E-state index in [1.54, 1.807) is 61.5 Å². The van der Waals surface area contributed by atoms with E-state index in [1.807, 2.05) is 0 Å². The Hall–Kier alpha value is -4.31. The van der Waals surface area contributed by atoms with E-state index in [1.165, 1.54) is 12.1 Å². The summed E-state index contributed by atoms with van der Waals surface area (Å²) in [6, 6.07) is 20.1. The SMILES string of the molecule is C/C(=N/Oc1cc(-c2ccc(C=O)cc2)ccc1C#N)c1ccc([N+](=O)[O-])cc1. The molecule has 0 aliphatic heterocycles. The highest BCUT2D eigenvalue weighted by Gasteiger charge is 2.09. The van der Waals surface area contributed by atoms with Crippen molar-refractivity contribution in [3.8, 4) is 22.9 Å². The number of non-ortho nitro benzene ring substituents is 1. The van der Waals surface area contributed by atoms with Gasteiger partial charge in [-0.15, -0.1) is 0 Å². The summed E-state index contributed by atoms with van der Waals surface area (Å²) in [7, 11) is 0. The van der Waals surface area contributed by atoms with Crippen molar-refractivity contribution in [3.63, 3.8) is 0 Å². The molecule has 0 heterocycles. The van der Waals surface area contributed by atoms with Gasteiger partial charge in [-0.25, -0.2) is 0 Å². The molecule has 7 heteroatoms. The average molecular weight is 385 g/mol. The Labute approximate surface area is 166 Å². The van der Waals surface area contributed by atoms with Crippen molar-refractivity contribution in [2.45, 2.75) is 6.92 Å². The Kier molecular flexibility index (Phi) is 5.76. The van der Waals surface area contributed by atoms with Crippen LogP contribution in [-0.4, -0.2) is 16.9 Å². The van der Waals surface area contributed by atoms with Crippen LogP contribution in [0.1, 0.15) is 28.4 Å². The third-order valence-electron chi connectivity index (χ3n) is 4.26. The second-order valence-electron chi connectivity index (χ2n) is 6.13. The van der Waals surface area contributed by atoms with Crippen molar-refractivity contribution in [1.29, 1.82) is 5.26 Å². The quantitative estimate of drug-likeness (QED) is 0.263. The van der Waals surface area contributed by atoms with Crippen molar-refractivity contribution in [2.75, 3.05) is 0 Å². The van der Waals surface area contributed by atoms with Crippen LogP contribution in [0.2, 0.25) is 0 Å². The molecule has 0 saturated carbocycles. The molecule has 0 bridgehead atoms. The van der Waals surface area contributed by atoms with Gasteiger partial charge in [-0.05, 0) is 47.9 Å². The second kappa shape index (κ2) is 8.59. The van der Waals surface area contributed by atoms with Gasteiger partial charge in [-0.2, -0.15) is 5.26 Å². The predicted octanol–water partition coefficient (Wildman–Crippen LogP) is 4.75. The van der Waals surface area contributed by atoms with Crippen LogP contribution in [0.3, 0.4) is 0 Å². The lowest BCUT2D eigenvalue weighted by molar-refractivity contribution is -0.384. The fraction of sp³-hybridized carbons (Fsp3) is 0.0455. The molecule has 0 aliphatic rings. The maximum atomic E-state index is 10.8. The summed E-state index contributed by atoms with van der Waals surface area (Å²) in [6.07, 6.45) is 0.771. The van der Waals surface area contributed by atoms with Crippen LogP contribution < -0.4 is 4.84 Å². The molecule has 0 amide bonds. The summed E-state index contributed by atoms with van der Waals surface area (Å²) < 4.78 is 0. The number of rotatable bonds is 6. The third kappa shape index (κ3) is 4.51. The van der Waals surface area contributed by atoms with Gasteiger partial charge < -0.3 is 4.84 Å². The topological polar surface area (TPSA) is 106 Å². The van der Waals surface area contributed by atoms with Crippen LogP contribution in [-0.2, 0) is 0 Å². The third-order valence-corrected chi connectivity index (χ3v) is 4.26. The van der Waals surface area contributed by atoms with E-state index in [-0.39, 0.29) is 11.4 Å². The van der Waals surface area contributed by atoms with Crippen molar-refractivity contribution in [2.24, 2.45) is 5.16 Å². The molecule has 0 fully saturated rings. The highest BCUT2D eigenvalue weighted by Crippen LogP contribution is 2.27. The highest BCUT2D eigenvalue weighted by atomic mass is 16.6. The average Bonchev–Trinajstić information content (AvgIpc) is 2.77. The minimum atomic E-state index is -0.473. The summed E-state index contributed by atoms with van der Waals surface area (Å²) in [5.74, 6) is 0.283. The van der Waals surface area contributed by atoms with Crippen LogP contribution in [0.15, 0.2) is 71.9 Å². The number of carbonyl (C=O) groups excluding carboxylic acids is 1. The van der Waals surface area contributed by atoms with Crippen LogP contribution in [0.25, 0.3) is 11.1 Å². The Bertz CT molecular complexity index is 1130. The predicted molar refractivity (Wildman–Crippen MR) is 108 cm³/mol. The van der Waals surface area contributed by atoms with E-state index in [2.05, 4.69) is 11.2 Å². The minimum absolute atomic E-state index is 0.0115. The van der Waals surface area contributed by atoms with E-state index in [9.17, 15) is 20.2 Å². The van der Waals surface area contributed by atoms with Crippen molar-refractivity contribution in [3.05, 3.63) is 93.5 Å². The van der Waals surface area contributed by atoms with Gasteiger partial charge in [-0.3, -0.25) is 14.9 Å². The van der Waals surface area contributed by atoms with E-state index in [0.29, 0.717) is 22.4 Å². The molecule has 142 valence electrons. The van der Waals surface area contributed by atoms with Gasteiger partial charge >= 0.3 is 0 Å². The van der Waals surface area contributed by atoms with Crippen LogP contribution >= 0.6 is 0 Å². The molecule has 0 aromatic heterocycles. The molecule has 0 spiro atoms. The number of carbonyl (C=O) groups is 1. The molecule has 3 rings (SSSR count). The molecule has 3 aromatic carbocycles. The van der Waals surface area contributed by atoms with Gasteiger partial charge in [0.1, 0.15) is 12.4 Å².